The van der Waals surface area contributed by atoms with Gasteiger partial charge >= 0.3 is 0 Å². The van der Waals surface area contributed by atoms with Crippen LogP contribution in [0, 0.1) is 0 Å². The van der Waals surface area contributed by atoms with Crippen LogP contribution >= 0.6 is 0 Å². The molecule has 2 heterocycles. The van der Waals surface area contributed by atoms with Gasteiger partial charge in [-0.3, -0.25) is 9.48 Å². The molecule has 1 aliphatic heterocycles. The second kappa shape index (κ2) is 5.86. The van der Waals surface area contributed by atoms with E-state index in [9.17, 15) is 4.79 Å². The summed E-state index contributed by atoms with van der Waals surface area (Å²) >= 11 is 0. The number of hydrogen-bond donors (Lipinski definition) is 2. The summed E-state index contributed by atoms with van der Waals surface area (Å²) in [5.41, 5.74) is 5.49. The Kier molecular flexibility index (Phi) is 4.19. The van der Waals surface area contributed by atoms with E-state index in [4.69, 9.17) is 5.73 Å². The lowest BCUT2D eigenvalue weighted by Crippen LogP contribution is -2.42. The molecule has 1 fully saturated rings. The summed E-state index contributed by atoms with van der Waals surface area (Å²) in [6.07, 6.45) is 4.25. The van der Waals surface area contributed by atoms with Gasteiger partial charge in [0.1, 0.15) is 12.4 Å². The molecule has 0 saturated carbocycles. The van der Waals surface area contributed by atoms with Gasteiger partial charge in [0.2, 0.25) is 5.91 Å². The highest BCUT2D eigenvalue weighted by Crippen LogP contribution is 2.07. The van der Waals surface area contributed by atoms with Crippen LogP contribution < -0.4 is 11.1 Å². The summed E-state index contributed by atoms with van der Waals surface area (Å²) in [6, 6.07) is 1.85. The van der Waals surface area contributed by atoms with Gasteiger partial charge in [-0.1, -0.05) is 0 Å². The van der Waals surface area contributed by atoms with Crippen molar-refractivity contribution in [3.63, 3.8) is 0 Å². The Balaban J connectivity index is 1.72. The molecule has 100 valence electrons. The first-order valence-corrected chi connectivity index (χ1v) is 6.44. The molecule has 3 N–H and O–H groups in total. The topological polar surface area (TPSA) is 76.2 Å². The Hall–Kier alpha value is -1.56. The van der Waals surface area contributed by atoms with Crippen LogP contribution in [0.1, 0.15) is 19.8 Å². The standard InChI is InChI=1S/C12H21N5O/c1-10(8-16-5-2-3-6-16)14-12(18)9-17-7-4-11(13)15-17/h4,7,10H,2-3,5-6,8-9H2,1H3,(H2,13,15)(H,14,18). The number of likely N-dealkylation sites (tertiary alicyclic amines) is 1. The van der Waals surface area contributed by atoms with Crippen molar-refractivity contribution in [3.8, 4) is 0 Å². The van der Waals surface area contributed by atoms with E-state index < -0.39 is 0 Å². The Bertz CT molecular complexity index is 397. The molecule has 6 nitrogen and oxygen atoms in total. The molecule has 1 aromatic rings. The lowest BCUT2D eigenvalue weighted by Gasteiger charge is -2.21. The number of rotatable bonds is 5. The van der Waals surface area contributed by atoms with Gasteiger partial charge in [-0.25, -0.2) is 0 Å². The number of nitrogens with two attached hydrogens (primary N) is 1. The maximum Gasteiger partial charge on any atom is 0.241 e. The fraction of sp³-hybridized carbons (Fsp3) is 0.667. The Morgan fingerprint density at radius 2 is 2.28 bits per heavy atom. The van der Waals surface area contributed by atoms with E-state index in [2.05, 4.69) is 15.3 Å². The smallest absolute Gasteiger partial charge is 0.241 e. The normalized spacial score (nSPS) is 17.8. The number of aromatic nitrogens is 2. The van der Waals surface area contributed by atoms with E-state index in [1.807, 2.05) is 6.92 Å². The third-order valence-corrected chi connectivity index (χ3v) is 3.11. The van der Waals surface area contributed by atoms with E-state index in [1.54, 1.807) is 16.9 Å². The van der Waals surface area contributed by atoms with Crippen molar-refractivity contribution in [1.29, 1.82) is 0 Å². The molecule has 1 atom stereocenters. The van der Waals surface area contributed by atoms with Crippen LogP contribution in [0.4, 0.5) is 5.82 Å². The molecule has 1 aliphatic rings. The van der Waals surface area contributed by atoms with Gasteiger partial charge in [-0.2, -0.15) is 5.10 Å². The predicted molar refractivity (Wildman–Crippen MR) is 69.9 cm³/mol. The SMILES string of the molecule is CC(CN1CCCC1)NC(=O)Cn1ccc(N)n1. The molecule has 0 aromatic carbocycles. The molecule has 0 aliphatic carbocycles. The van der Waals surface area contributed by atoms with Crippen LogP contribution in [-0.4, -0.2) is 46.3 Å². The Morgan fingerprint density at radius 1 is 1.56 bits per heavy atom. The van der Waals surface area contributed by atoms with Crippen LogP contribution in [0.5, 0.6) is 0 Å². The minimum atomic E-state index is -0.0233. The van der Waals surface area contributed by atoms with Crippen LogP contribution in [-0.2, 0) is 11.3 Å². The highest BCUT2D eigenvalue weighted by Gasteiger charge is 2.16. The number of nitrogens with zero attached hydrogens (tertiary/aromatic N) is 3. The quantitative estimate of drug-likeness (QED) is 0.776. The number of carbonyl (C=O) groups excluding carboxylic acids is 1. The van der Waals surface area contributed by atoms with Crippen LogP contribution in [0.25, 0.3) is 0 Å². The van der Waals surface area contributed by atoms with E-state index >= 15 is 0 Å². The number of nitrogen functional groups attached to an aromatic ring is 1. The summed E-state index contributed by atoms with van der Waals surface area (Å²) in [5, 5.41) is 6.97. The van der Waals surface area contributed by atoms with Gasteiger partial charge in [0.15, 0.2) is 0 Å². The largest absolute Gasteiger partial charge is 0.382 e. The molecule has 1 unspecified atom stereocenters. The lowest BCUT2D eigenvalue weighted by atomic mass is 10.3. The first-order chi connectivity index (χ1) is 8.63. The van der Waals surface area contributed by atoms with E-state index in [0.717, 1.165) is 19.6 Å². The molecule has 0 bridgehead atoms. The van der Waals surface area contributed by atoms with Gasteiger partial charge in [-0.05, 0) is 38.9 Å². The van der Waals surface area contributed by atoms with Crippen molar-refractivity contribution in [1.82, 2.24) is 20.0 Å². The summed E-state index contributed by atoms with van der Waals surface area (Å²) in [7, 11) is 0. The van der Waals surface area contributed by atoms with Gasteiger partial charge in [0, 0.05) is 18.8 Å². The average Bonchev–Trinajstić information content (AvgIpc) is 2.90. The number of nitrogens with one attached hydrogen (secondary N) is 1. The Labute approximate surface area is 107 Å². The van der Waals surface area contributed by atoms with Crippen molar-refractivity contribution in [3.05, 3.63) is 12.3 Å². The molecular weight excluding hydrogens is 230 g/mol. The van der Waals surface area contributed by atoms with E-state index in [1.165, 1.54) is 12.8 Å². The van der Waals surface area contributed by atoms with Crippen LogP contribution in [0.15, 0.2) is 12.3 Å². The van der Waals surface area contributed by atoms with Crippen molar-refractivity contribution >= 4 is 11.7 Å². The fourth-order valence-corrected chi connectivity index (χ4v) is 2.33. The number of hydrogen-bond acceptors (Lipinski definition) is 4. The van der Waals surface area contributed by atoms with Crippen molar-refractivity contribution in [2.24, 2.45) is 0 Å². The summed E-state index contributed by atoms with van der Waals surface area (Å²) in [4.78, 5) is 14.2. The van der Waals surface area contributed by atoms with Gasteiger partial charge in [0.05, 0.1) is 0 Å². The maximum absolute atomic E-state index is 11.8. The van der Waals surface area contributed by atoms with Gasteiger partial charge in [0.25, 0.3) is 0 Å². The van der Waals surface area contributed by atoms with Crippen LogP contribution in [0.3, 0.4) is 0 Å². The minimum absolute atomic E-state index is 0.0233. The zero-order chi connectivity index (χ0) is 13.0. The minimum Gasteiger partial charge on any atom is -0.382 e. The highest BCUT2D eigenvalue weighted by atomic mass is 16.2. The number of carbonyl (C=O) groups is 1. The van der Waals surface area contributed by atoms with Crippen molar-refractivity contribution in [2.75, 3.05) is 25.4 Å². The highest BCUT2D eigenvalue weighted by molar-refractivity contribution is 5.75. The molecule has 1 saturated heterocycles. The molecule has 18 heavy (non-hydrogen) atoms. The monoisotopic (exact) mass is 251 g/mol. The predicted octanol–water partition coefficient (Wildman–Crippen LogP) is 0.0658. The maximum atomic E-state index is 11.8. The number of anilines is 1. The van der Waals surface area contributed by atoms with Crippen LogP contribution in [0.2, 0.25) is 0 Å². The van der Waals surface area contributed by atoms with E-state index in [-0.39, 0.29) is 18.5 Å². The van der Waals surface area contributed by atoms with Crippen molar-refractivity contribution < 1.29 is 4.79 Å². The third kappa shape index (κ3) is 3.73. The molecule has 0 spiro atoms. The van der Waals surface area contributed by atoms with Gasteiger partial charge < -0.3 is 16.0 Å². The lowest BCUT2D eigenvalue weighted by molar-refractivity contribution is -0.122. The second-order valence-electron chi connectivity index (χ2n) is 4.91. The fourth-order valence-electron chi connectivity index (χ4n) is 2.33. The molecule has 6 heteroatoms. The Morgan fingerprint density at radius 3 is 2.89 bits per heavy atom. The molecular formula is C12H21N5O. The molecule has 0 radical (unpaired) electrons. The summed E-state index contributed by atoms with van der Waals surface area (Å²) < 4.78 is 1.55. The number of amides is 1. The first-order valence-electron chi connectivity index (χ1n) is 6.44. The van der Waals surface area contributed by atoms with Crippen molar-refractivity contribution in [2.45, 2.75) is 32.4 Å². The average molecular weight is 251 g/mol. The molecule has 1 amide bonds. The molecule has 1 aromatic heterocycles. The zero-order valence-electron chi connectivity index (χ0n) is 10.8. The zero-order valence-corrected chi connectivity index (χ0v) is 10.8. The summed E-state index contributed by atoms with van der Waals surface area (Å²) in [5.74, 6) is 0.415. The second-order valence-corrected chi connectivity index (χ2v) is 4.91. The third-order valence-electron chi connectivity index (χ3n) is 3.11. The first kappa shape index (κ1) is 12.9. The molecule has 2 rings (SSSR count). The summed E-state index contributed by atoms with van der Waals surface area (Å²) in [6.45, 7) is 5.48. The van der Waals surface area contributed by atoms with E-state index in [0.29, 0.717) is 5.82 Å². The van der Waals surface area contributed by atoms with Gasteiger partial charge in [-0.15, -0.1) is 0 Å².